The van der Waals surface area contributed by atoms with Crippen molar-refractivity contribution in [1.82, 2.24) is 4.98 Å². The largest absolute Gasteiger partial charge is 0.356 e. The van der Waals surface area contributed by atoms with Gasteiger partial charge >= 0.3 is 0 Å². The summed E-state index contributed by atoms with van der Waals surface area (Å²) in [6.07, 6.45) is 5.21. The van der Waals surface area contributed by atoms with Crippen LogP contribution in [0.15, 0.2) is 18.3 Å². The molecule has 2 rings (SSSR count). The maximum absolute atomic E-state index is 10.9. The van der Waals surface area contributed by atoms with Crippen molar-refractivity contribution in [2.24, 2.45) is 5.92 Å². The van der Waals surface area contributed by atoms with Gasteiger partial charge in [0.25, 0.3) is 0 Å². The third-order valence-corrected chi connectivity index (χ3v) is 3.19. The maximum Gasteiger partial charge on any atom is 0.153 e. The average molecular weight is 204 g/mol. The van der Waals surface area contributed by atoms with E-state index < -0.39 is 0 Å². The Morgan fingerprint density at radius 3 is 2.93 bits per heavy atom. The molecule has 15 heavy (non-hydrogen) atoms. The standard InChI is InChI=1S/C12H16N2O/c1-9(10-5-6-10)14(2)12-11(8-15)4-3-7-13-12/h3-4,7-10H,5-6H2,1-2H3. The van der Waals surface area contributed by atoms with Crippen molar-refractivity contribution in [3.63, 3.8) is 0 Å². The number of hydrogen-bond donors (Lipinski definition) is 0. The molecular weight excluding hydrogens is 188 g/mol. The second-order valence-corrected chi connectivity index (χ2v) is 4.22. The van der Waals surface area contributed by atoms with Crippen LogP contribution in [0.3, 0.4) is 0 Å². The summed E-state index contributed by atoms with van der Waals surface area (Å²) in [5.41, 5.74) is 0.674. The smallest absolute Gasteiger partial charge is 0.153 e. The molecule has 1 aromatic heterocycles. The van der Waals surface area contributed by atoms with Gasteiger partial charge in [0.2, 0.25) is 0 Å². The molecule has 1 aliphatic rings. The lowest BCUT2D eigenvalue weighted by molar-refractivity contribution is 0.112. The quantitative estimate of drug-likeness (QED) is 0.704. The van der Waals surface area contributed by atoms with Crippen molar-refractivity contribution in [2.75, 3.05) is 11.9 Å². The number of aromatic nitrogens is 1. The zero-order valence-electron chi connectivity index (χ0n) is 9.18. The van der Waals surface area contributed by atoms with Crippen LogP contribution >= 0.6 is 0 Å². The van der Waals surface area contributed by atoms with Crippen LogP contribution in [0.1, 0.15) is 30.1 Å². The third kappa shape index (κ3) is 2.01. The minimum atomic E-state index is 0.471. The van der Waals surface area contributed by atoms with Crippen molar-refractivity contribution >= 4 is 12.1 Å². The molecule has 0 radical (unpaired) electrons. The van der Waals surface area contributed by atoms with Crippen LogP contribution in [0.2, 0.25) is 0 Å². The lowest BCUT2D eigenvalue weighted by atomic mass is 10.1. The predicted molar refractivity (Wildman–Crippen MR) is 60.2 cm³/mol. The molecule has 0 bridgehead atoms. The van der Waals surface area contributed by atoms with Crippen LogP contribution in [0.25, 0.3) is 0 Å². The molecule has 1 aromatic rings. The summed E-state index contributed by atoms with van der Waals surface area (Å²) in [5, 5.41) is 0. The van der Waals surface area contributed by atoms with E-state index in [0.717, 1.165) is 18.0 Å². The zero-order valence-corrected chi connectivity index (χ0v) is 9.18. The Morgan fingerprint density at radius 1 is 1.60 bits per heavy atom. The topological polar surface area (TPSA) is 33.2 Å². The first kappa shape index (κ1) is 10.1. The van der Waals surface area contributed by atoms with E-state index in [9.17, 15) is 4.79 Å². The van der Waals surface area contributed by atoms with Gasteiger partial charge in [0.1, 0.15) is 5.82 Å². The van der Waals surface area contributed by atoms with Crippen LogP contribution in [-0.2, 0) is 0 Å². The lowest BCUT2D eigenvalue weighted by Crippen LogP contribution is -2.32. The van der Waals surface area contributed by atoms with E-state index in [1.165, 1.54) is 12.8 Å². The summed E-state index contributed by atoms with van der Waals surface area (Å²) in [5.74, 6) is 1.57. The Kier molecular flexibility index (Phi) is 2.71. The van der Waals surface area contributed by atoms with Gasteiger partial charge in [0.05, 0.1) is 5.56 Å². The van der Waals surface area contributed by atoms with Crippen molar-refractivity contribution in [3.8, 4) is 0 Å². The molecule has 0 saturated heterocycles. The molecule has 0 spiro atoms. The molecule has 1 fully saturated rings. The number of carbonyl (C=O) groups is 1. The van der Waals surface area contributed by atoms with Crippen molar-refractivity contribution < 1.29 is 4.79 Å². The molecule has 1 heterocycles. The number of pyridine rings is 1. The third-order valence-electron chi connectivity index (χ3n) is 3.19. The van der Waals surface area contributed by atoms with Gasteiger partial charge in [-0.3, -0.25) is 4.79 Å². The Hall–Kier alpha value is -1.38. The molecule has 3 heteroatoms. The lowest BCUT2D eigenvalue weighted by Gasteiger charge is -2.26. The summed E-state index contributed by atoms with van der Waals surface area (Å²) in [7, 11) is 2.01. The second kappa shape index (κ2) is 4.01. The molecule has 1 unspecified atom stereocenters. The van der Waals surface area contributed by atoms with Gasteiger partial charge in [-0.2, -0.15) is 0 Å². The van der Waals surface area contributed by atoms with Gasteiger partial charge in [0, 0.05) is 19.3 Å². The molecule has 0 aliphatic heterocycles. The zero-order chi connectivity index (χ0) is 10.8. The summed E-state index contributed by atoms with van der Waals surface area (Å²) in [6, 6.07) is 4.08. The normalized spacial score (nSPS) is 17.2. The number of anilines is 1. The number of rotatable bonds is 4. The molecule has 1 saturated carbocycles. The highest BCUT2D eigenvalue weighted by Crippen LogP contribution is 2.36. The molecular formula is C12H16N2O. The molecule has 0 aromatic carbocycles. The van der Waals surface area contributed by atoms with Gasteiger partial charge < -0.3 is 4.90 Å². The SMILES string of the molecule is CC(C1CC1)N(C)c1ncccc1C=O. The van der Waals surface area contributed by atoms with Crippen LogP contribution in [0.4, 0.5) is 5.82 Å². The van der Waals surface area contributed by atoms with Crippen LogP contribution in [0.5, 0.6) is 0 Å². The van der Waals surface area contributed by atoms with Crippen LogP contribution in [0, 0.1) is 5.92 Å². The number of carbonyl (C=O) groups excluding carboxylic acids is 1. The first-order chi connectivity index (χ1) is 7.24. The Bertz CT molecular complexity index is 360. The summed E-state index contributed by atoms with van der Waals surface area (Å²) in [4.78, 5) is 17.3. The van der Waals surface area contributed by atoms with E-state index in [4.69, 9.17) is 0 Å². The molecule has 0 N–H and O–H groups in total. The minimum Gasteiger partial charge on any atom is -0.356 e. The Balaban J connectivity index is 2.23. The van der Waals surface area contributed by atoms with E-state index in [1.807, 2.05) is 13.1 Å². The maximum atomic E-state index is 10.9. The molecule has 3 nitrogen and oxygen atoms in total. The van der Waals surface area contributed by atoms with E-state index >= 15 is 0 Å². The van der Waals surface area contributed by atoms with Gasteiger partial charge in [-0.25, -0.2) is 4.98 Å². The highest BCUT2D eigenvalue weighted by Gasteiger charge is 2.31. The minimum absolute atomic E-state index is 0.471. The fraction of sp³-hybridized carbons (Fsp3) is 0.500. The first-order valence-corrected chi connectivity index (χ1v) is 5.37. The second-order valence-electron chi connectivity index (χ2n) is 4.22. The van der Waals surface area contributed by atoms with Crippen molar-refractivity contribution in [2.45, 2.75) is 25.8 Å². The van der Waals surface area contributed by atoms with Gasteiger partial charge in [0.15, 0.2) is 6.29 Å². The number of nitrogens with zero attached hydrogens (tertiary/aromatic N) is 2. The summed E-state index contributed by atoms with van der Waals surface area (Å²) < 4.78 is 0. The van der Waals surface area contributed by atoms with Crippen molar-refractivity contribution in [3.05, 3.63) is 23.9 Å². The summed E-state index contributed by atoms with van der Waals surface area (Å²) in [6.45, 7) is 2.20. The molecule has 80 valence electrons. The van der Waals surface area contributed by atoms with Crippen LogP contribution < -0.4 is 4.90 Å². The highest BCUT2D eigenvalue weighted by molar-refractivity contribution is 5.82. The van der Waals surface area contributed by atoms with Gasteiger partial charge in [-0.15, -0.1) is 0 Å². The van der Waals surface area contributed by atoms with E-state index in [1.54, 1.807) is 12.3 Å². The van der Waals surface area contributed by atoms with E-state index in [0.29, 0.717) is 11.6 Å². The first-order valence-electron chi connectivity index (χ1n) is 5.37. The van der Waals surface area contributed by atoms with Crippen molar-refractivity contribution in [1.29, 1.82) is 0 Å². The summed E-state index contributed by atoms with van der Waals surface area (Å²) >= 11 is 0. The monoisotopic (exact) mass is 204 g/mol. The van der Waals surface area contributed by atoms with Gasteiger partial charge in [-0.1, -0.05) is 0 Å². The van der Waals surface area contributed by atoms with E-state index in [2.05, 4.69) is 16.8 Å². The Labute approximate surface area is 90.1 Å². The Morgan fingerprint density at radius 2 is 2.33 bits per heavy atom. The fourth-order valence-corrected chi connectivity index (χ4v) is 1.88. The molecule has 1 atom stereocenters. The predicted octanol–water partition coefficient (Wildman–Crippen LogP) is 2.13. The average Bonchev–Trinajstić information content (AvgIpc) is 3.11. The molecule has 1 aliphatic carbocycles. The highest BCUT2D eigenvalue weighted by atomic mass is 16.1. The van der Waals surface area contributed by atoms with Crippen LogP contribution in [-0.4, -0.2) is 24.4 Å². The number of aldehydes is 1. The fourth-order valence-electron chi connectivity index (χ4n) is 1.88. The van der Waals surface area contributed by atoms with Gasteiger partial charge in [-0.05, 0) is 37.8 Å². The molecule has 0 amide bonds. The number of hydrogen-bond acceptors (Lipinski definition) is 3. The van der Waals surface area contributed by atoms with E-state index in [-0.39, 0.29) is 0 Å².